The maximum atomic E-state index is 5.54. The first kappa shape index (κ1) is 11.4. The van der Waals surface area contributed by atoms with Crippen molar-refractivity contribution < 1.29 is 0 Å². The summed E-state index contributed by atoms with van der Waals surface area (Å²) >= 11 is 1.87. The van der Waals surface area contributed by atoms with Crippen LogP contribution in [0.1, 0.15) is 5.56 Å². The lowest BCUT2D eigenvalue weighted by atomic mass is 10.2. The van der Waals surface area contributed by atoms with Gasteiger partial charge in [0.15, 0.2) is 0 Å². The van der Waals surface area contributed by atoms with E-state index in [1.165, 1.54) is 11.3 Å². The zero-order valence-electron chi connectivity index (χ0n) is 8.86. The molecule has 0 aromatic heterocycles. The van der Waals surface area contributed by atoms with Gasteiger partial charge in [-0.1, -0.05) is 12.1 Å². The van der Waals surface area contributed by atoms with Crippen molar-refractivity contribution in [3.8, 4) is 0 Å². The molecule has 1 aromatic rings. The van der Waals surface area contributed by atoms with Crippen LogP contribution in [0.15, 0.2) is 24.3 Å². The van der Waals surface area contributed by atoms with Gasteiger partial charge in [0.25, 0.3) is 0 Å². The van der Waals surface area contributed by atoms with Crippen LogP contribution in [0.25, 0.3) is 0 Å². The molecule has 0 aliphatic heterocycles. The number of thioether (sulfide) groups is 1. The highest BCUT2D eigenvalue weighted by Crippen LogP contribution is 2.13. The van der Waals surface area contributed by atoms with Crippen molar-refractivity contribution in [2.24, 2.45) is 5.73 Å². The molecule has 0 unspecified atom stereocenters. The van der Waals surface area contributed by atoms with Gasteiger partial charge in [0, 0.05) is 31.6 Å². The van der Waals surface area contributed by atoms with E-state index in [1.807, 2.05) is 11.8 Å². The molecule has 0 heterocycles. The Morgan fingerprint density at radius 3 is 2.43 bits per heavy atom. The van der Waals surface area contributed by atoms with E-state index in [-0.39, 0.29) is 0 Å². The van der Waals surface area contributed by atoms with Crippen LogP contribution in [-0.4, -0.2) is 25.6 Å². The van der Waals surface area contributed by atoms with Crippen molar-refractivity contribution in [1.29, 1.82) is 0 Å². The summed E-state index contributed by atoms with van der Waals surface area (Å²) < 4.78 is 0. The number of hydrogen-bond acceptors (Lipinski definition) is 3. The average molecular weight is 210 g/mol. The Morgan fingerprint density at radius 2 is 1.93 bits per heavy atom. The largest absolute Gasteiger partial charge is 0.374 e. The molecule has 0 bridgehead atoms. The Labute approximate surface area is 90.5 Å². The van der Waals surface area contributed by atoms with Gasteiger partial charge >= 0.3 is 0 Å². The summed E-state index contributed by atoms with van der Waals surface area (Å²) in [5.74, 6) is 1.16. The van der Waals surface area contributed by atoms with Crippen molar-refractivity contribution in [2.45, 2.75) is 6.54 Å². The third-order valence-corrected chi connectivity index (χ3v) is 2.83. The molecular formula is C11H18N2S. The first-order valence-electron chi connectivity index (χ1n) is 4.77. The zero-order valence-corrected chi connectivity index (χ0v) is 9.68. The van der Waals surface area contributed by atoms with Crippen LogP contribution in [-0.2, 0) is 6.54 Å². The molecular weight excluding hydrogens is 192 g/mol. The van der Waals surface area contributed by atoms with Gasteiger partial charge in [-0.3, -0.25) is 0 Å². The first-order chi connectivity index (χ1) is 6.77. The molecule has 0 amide bonds. The smallest absolute Gasteiger partial charge is 0.0364 e. The molecule has 0 fully saturated rings. The lowest BCUT2D eigenvalue weighted by Crippen LogP contribution is -2.20. The molecule has 2 N–H and O–H groups in total. The number of benzene rings is 1. The summed E-state index contributed by atoms with van der Waals surface area (Å²) in [5.41, 5.74) is 7.99. The first-order valence-corrected chi connectivity index (χ1v) is 6.16. The van der Waals surface area contributed by atoms with Crippen LogP contribution in [0.5, 0.6) is 0 Å². The molecule has 0 saturated heterocycles. The van der Waals surface area contributed by atoms with Crippen LogP contribution >= 0.6 is 11.8 Å². The summed E-state index contributed by atoms with van der Waals surface area (Å²) in [4.78, 5) is 2.26. The van der Waals surface area contributed by atoms with Crippen molar-refractivity contribution in [3.63, 3.8) is 0 Å². The number of anilines is 1. The minimum Gasteiger partial charge on any atom is -0.374 e. The van der Waals surface area contributed by atoms with Crippen molar-refractivity contribution in [1.82, 2.24) is 0 Å². The Balaban J connectivity index is 2.57. The number of rotatable bonds is 5. The summed E-state index contributed by atoms with van der Waals surface area (Å²) in [6, 6.07) is 8.43. The molecule has 0 saturated carbocycles. The van der Waals surface area contributed by atoms with E-state index in [2.05, 4.69) is 42.5 Å². The van der Waals surface area contributed by atoms with Crippen molar-refractivity contribution in [2.75, 3.05) is 30.5 Å². The third-order valence-electron chi connectivity index (χ3n) is 2.24. The minimum absolute atomic E-state index is 0.620. The van der Waals surface area contributed by atoms with E-state index in [0.717, 1.165) is 12.3 Å². The quantitative estimate of drug-likeness (QED) is 0.805. The van der Waals surface area contributed by atoms with E-state index < -0.39 is 0 Å². The summed E-state index contributed by atoms with van der Waals surface area (Å²) in [7, 11) is 2.12. The van der Waals surface area contributed by atoms with Crippen molar-refractivity contribution in [3.05, 3.63) is 29.8 Å². The molecule has 0 atom stereocenters. The molecule has 0 aliphatic rings. The van der Waals surface area contributed by atoms with Gasteiger partial charge < -0.3 is 10.6 Å². The highest BCUT2D eigenvalue weighted by Gasteiger charge is 1.99. The summed E-state index contributed by atoms with van der Waals surface area (Å²) in [6.45, 7) is 1.71. The maximum absolute atomic E-state index is 5.54. The SMILES string of the molecule is CSCCN(C)c1ccc(CN)cc1. The summed E-state index contributed by atoms with van der Waals surface area (Å²) in [5, 5.41) is 0. The fraction of sp³-hybridized carbons (Fsp3) is 0.455. The van der Waals surface area contributed by atoms with Crippen LogP contribution in [0.3, 0.4) is 0 Å². The zero-order chi connectivity index (χ0) is 10.4. The van der Waals surface area contributed by atoms with Gasteiger partial charge in [0.05, 0.1) is 0 Å². The Morgan fingerprint density at radius 1 is 1.29 bits per heavy atom. The van der Waals surface area contributed by atoms with Gasteiger partial charge in [0.2, 0.25) is 0 Å². The third kappa shape index (κ3) is 3.24. The fourth-order valence-electron chi connectivity index (χ4n) is 1.24. The topological polar surface area (TPSA) is 29.3 Å². The van der Waals surface area contributed by atoms with Gasteiger partial charge in [-0.25, -0.2) is 0 Å². The molecule has 2 nitrogen and oxygen atoms in total. The molecule has 3 heteroatoms. The molecule has 14 heavy (non-hydrogen) atoms. The number of nitrogens with zero attached hydrogens (tertiary/aromatic N) is 1. The standard InChI is InChI=1S/C11H18N2S/c1-13(7-8-14-2)11-5-3-10(9-12)4-6-11/h3-6H,7-9,12H2,1-2H3. The van der Waals surface area contributed by atoms with Gasteiger partial charge in [-0.2, -0.15) is 11.8 Å². The Hall–Kier alpha value is -0.670. The number of nitrogens with two attached hydrogens (primary N) is 1. The van der Waals surface area contributed by atoms with Crippen LogP contribution in [0.2, 0.25) is 0 Å². The molecule has 1 rings (SSSR count). The highest BCUT2D eigenvalue weighted by atomic mass is 32.2. The Kier molecular flexibility index (Phi) is 4.84. The lowest BCUT2D eigenvalue weighted by molar-refractivity contribution is 0.974. The van der Waals surface area contributed by atoms with Crippen LogP contribution < -0.4 is 10.6 Å². The monoisotopic (exact) mass is 210 g/mol. The molecule has 1 aromatic carbocycles. The molecule has 0 spiro atoms. The van der Waals surface area contributed by atoms with Crippen LogP contribution in [0.4, 0.5) is 5.69 Å². The normalized spacial score (nSPS) is 10.2. The predicted molar refractivity (Wildman–Crippen MR) is 66.0 cm³/mol. The average Bonchev–Trinajstić information content (AvgIpc) is 2.26. The predicted octanol–water partition coefficient (Wildman–Crippen LogP) is 1.94. The van der Waals surface area contributed by atoms with E-state index in [9.17, 15) is 0 Å². The molecule has 0 radical (unpaired) electrons. The highest BCUT2D eigenvalue weighted by molar-refractivity contribution is 7.98. The summed E-state index contributed by atoms with van der Waals surface area (Å²) in [6.07, 6.45) is 2.13. The van der Waals surface area contributed by atoms with Crippen molar-refractivity contribution >= 4 is 17.4 Å². The fourth-order valence-corrected chi connectivity index (χ4v) is 1.70. The Bertz CT molecular complexity index is 258. The second-order valence-electron chi connectivity index (χ2n) is 3.28. The number of hydrogen-bond donors (Lipinski definition) is 1. The van der Waals surface area contributed by atoms with E-state index in [1.54, 1.807) is 0 Å². The van der Waals surface area contributed by atoms with Gasteiger partial charge in [-0.15, -0.1) is 0 Å². The second-order valence-corrected chi connectivity index (χ2v) is 4.27. The molecule has 78 valence electrons. The minimum atomic E-state index is 0.620. The van der Waals surface area contributed by atoms with Gasteiger partial charge in [-0.05, 0) is 24.0 Å². The van der Waals surface area contributed by atoms with E-state index in [0.29, 0.717) is 6.54 Å². The van der Waals surface area contributed by atoms with Crippen LogP contribution in [0, 0.1) is 0 Å². The lowest BCUT2D eigenvalue weighted by Gasteiger charge is -2.18. The second kappa shape index (κ2) is 5.94. The van der Waals surface area contributed by atoms with E-state index in [4.69, 9.17) is 5.73 Å². The molecule has 0 aliphatic carbocycles. The maximum Gasteiger partial charge on any atom is 0.0364 e. The van der Waals surface area contributed by atoms with E-state index >= 15 is 0 Å². The van der Waals surface area contributed by atoms with Gasteiger partial charge in [0.1, 0.15) is 0 Å².